The number of hydrogen-bond acceptors (Lipinski definition) is 4. The van der Waals surface area contributed by atoms with Gasteiger partial charge in [0.1, 0.15) is 30.3 Å². The molecule has 2 N–H and O–H groups in total. The Hall–Kier alpha value is -2.42. The summed E-state index contributed by atoms with van der Waals surface area (Å²) in [6, 6.07) is 6.13. The Labute approximate surface area is 139 Å². The smallest absolute Gasteiger partial charge is 0.405 e. The predicted octanol–water partition coefficient (Wildman–Crippen LogP) is 2.94. The molecule has 1 amide bonds. The lowest BCUT2D eigenvalue weighted by Gasteiger charge is -2.08. The lowest BCUT2D eigenvalue weighted by atomic mass is 10.3. The van der Waals surface area contributed by atoms with Crippen LogP contribution in [0.3, 0.4) is 0 Å². The van der Waals surface area contributed by atoms with Crippen molar-refractivity contribution in [2.24, 2.45) is 0 Å². The van der Waals surface area contributed by atoms with E-state index in [4.69, 9.17) is 21.1 Å². The number of aromatic nitrogens is 2. The minimum Gasteiger partial charge on any atom is -0.497 e. The minimum absolute atomic E-state index is 0.00556. The van der Waals surface area contributed by atoms with Gasteiger partial charge in [0.15, 0.2) is 0 Å². The van der Waals surface area contributed by atoms with E-state index in [0.29, 0.717) is 22.2 Å². The molecule has 130 valence electrons. The molecule has 0 radical (unpaired) electrons. The van der Waals surface area contributed by atoms with Crippen LogP contribution in [0.25, 0.3) is 0 Å². The monoisotopic (exact) mass is 363 g/mol. The van der Waals surface area contributed by atoms with Gasteiger partial charge in [0.05, 0.1) is 17.8 Å². The van der Waals surface area contributed by atoms with Crippen molar-refractivity contribution in [2.45, 2.75) is 12.8 Å². The van der Waals surface area contributed by atoms with Crippen LogP contribution in [0.4, 0.5) is 13.2 Å². The molecule has 10 heteroatoms. The van der Waals surface area contributed by atoms with Crippen molar-refractivity contribution in [3.8, 4) is 11.5 Å². The lowest BCUT2D eigenvalue weighted by molar-refractivity contribution is -0.123. The number of hydrogen-bond donors (Lipinski definition) is 2. The maximum Gasteiger partial charge on any atom is 0.405 e. The number of alkyl halides is 3. The summed E-state index contributed by atoms with van der Waals surface area (Å²) in [5, 5.41) is 8.21. The molecule has 6 nitrogen and oxygen atoms in total. The zero-order valence-electron chi connectivity index (χ0n) is 12.4. The molecule has 0 aliphatic carbocycles. The van der Waals surface area contributed by atoms with Crippen LogP contribution < -0.4 is 14.8 Å². The minimum atomic E-state index is -4.48. The maximum atomic E-state index is 12.1. The number of carbonyl (C=O) groups excluding carboxylic acids is 1. The fourth-order valence-corrected chi connectivity index (χ4v) is 1.93. The molecule has 0 bridgehead atoms. The summed E-state index contributed by atoms with van der Waals surface area (Å²) in [6.45, 7) is -1.42. The van der Waals surface area contributed by atoms with Gasteiger partial charge in [-0.1, -0.05) is 11.6 Å². The average Bonchev–Trinajstić information content (AvgIpc) is 2.99. The highest BCUT2D eigenvalue weighted by Crippen LogP contribution is 2.29. The van der Waals surface area contributed by atoms with E-state index in [9.17, 15) is 18.0 Å². The number of nitrogens with one attached hydrogen (secondary N) is 2. The first kappa shape index (κ1) is 17.9. The van der Waals surface area contributed by atoms with Crippen LogP contribution in [-0.4, -0.2) is 35.9 Å². The summed E-state index contributed by atoms with van der Waals surface area (Å²) in [7, 11) is 1.50. The molecule has 0 aliphatic heterocycles. The van der Waals surface area contributed by atoms with Gasteiger partial charge in [0.2, 0.25) is 0 Å². The van der Waals surface area contributed by atoms with Gasteiger partial charge in [0, 0.05) is 6.07 Å². The highest BCUT2D eigenvalue weighted by atomic mass is 35.5. The number of methoxy groups -OCH3 is 1. The zero-order chi connectivity index (χ0) is 17.7. The van der Waals surface area contributed by atoms with Crippen molar-refractivity contribution in [1.29, 1.82) is 0 Å². The number of H-pyrrole nitrogens is 1. The Morgan fingerprint density at radius 1 is 1.38 bits per heavy atom. The third-order valence-corrected chi connectivity index (χ3v) is 3.13. The Bertz CT molecular complexity index is 719. The molecule has 0 saturated carbocycles. The van der Waals surface area contributed by atoms with Gasteiger partial charge >= 0.3 is 6.18 Å². The Kier molecular flexibility index (Phi) is 5.55. The first-order valence-corrected chi connectivity index (χ1v) is 7.02. The van der Waals surface area contributed by atoms with Crippen LogP contribution in [0, 0.1) is 0 Å². The molecular formula is C14H13ClF3N3O3. The standard InChI is InChI=1S/C14H13ClF3N3O3/c1-23-9-2-3-12(10(15)5-9)24-6-8-4-11(21-20-8)13(22)19-7-14(16,17)18/h2-5H,6-7H2,1H3,(H,19,22)(H,20,21). The van der Waals surface area contributed by atoms with Crippen molar-refractivity contribution in [3.05, 3.63) is 40.7 Å². The van der Waals surface area contributed by atoms with Gasteiger partial charge in [-0.3, -0.25) is 9.89 Å². The van der Waals surface area contributed by atoms with E-state index in [1.54, 1.807) is 23.5 Å². The molecule has 1 aromatic carbocycles. The van der Waals surface area contributed by atoms with Gasteiger partial charge in [-0.05, 0) is 18.2 Å². The number of carbonyl (C=O) groups is 1. The van der Waals surface area contributed by atoms with Gasteiger partial charge in [-0.15, -0.1) is 0 Å². The molecule has 2 aromatic rings. The molecule has 24 heavy (non-hydrogen) atoms. The second kappa shape index (κ2) is 7.43. The molecule has 0 atom stereocenters. The van der Waals surface area contributed by atoms with Crippen molar-refractivity contribution in [2.75, 3.05) is 13.7 Å². The number of rotatable bonds is 6. The molecule has 0 unspecified atom stereocenters. The zero-order valence-corrected chi connectivity index (χ0v) is 13.2. The number of amides is 1. The predicted molar refractivity (Wildman–Crippen MR) is 79.3 cm³/mol. The molecule has 0 aliphatic rings. The normalized spacial score (nSPS) is 11.2. The Morgan fingerprint density at radius 2 is 2.12 bits per heavy atom. The number of benzene rings is 1. The van der Waals surface area contributed by atoms with Crippen LogP contribution in [-0.2, 0) is 6.61 Å². The summed E-state index contributed by atoms with van der Waals surface area (Å²) in [4.78, 5) is 11.5. The molecule has 0 spiro atoms. The molecule has 0 saturated heterocycles. The quantitative estimate of drug-likeness (QED) is 0.827. The summed E-state index contributed by atoms with van der Waals surface area (Å²) >= 11 is 6.01. The number of ether oxygens (including phenoxy) is 2. The second-order valence-electron chi connectivity index (χ2n) is 4.66. The van der Waals surface area contributed by atoms with Crippen LogP contribution in [0.5, 0.6) is 11.5 Å². The topological polar surface area (TPSA) is 76.2 Å². The number of halogens is 4. The van der Waals surface area contributed by atoms with Gasteiger partial charge < -0.3 is 14.8 Å². The third kappa shape index (κ3) is 5.05. The number of nitrogens with zero attached hydrogens (tertiary/aromatic N) is 1. The van der Waals surface area contributed by atoms with Crippen LogP contribution >= 0.6 is 11.6 Å². The molecule has 1 heterocycles. The maximum absolute atomic E-state index is 12.1. The summed E-state index contributed by atoms with van der Waals surface area (Å²) in [6.07, 6.45) is -4.48. The summed E-state index contributed by atoms with van der Waals surface area (Å²) in [5.41, 5.74) is 0.234. The van der Waals surface area contributed by atoms with E-state index < -0.39 is 18.6 Å². The fourth-order valence-electron chi connectivity index (χ4n) is 1.70. The van der Waals surface area contributed by atoms with Gasteiger partial charge in [-0.2, -0.15) is 18.3 Å². The molecule has 2 rings (SSSR count). The van der Waals surface area contributed by atoms with Crippen LogP contribution in [0.1, 0.15) is 16.2 Å². The molecule has 0 fully saturated rings. The lowest BCUT2D eigenvalue weighted by Crippen LogP contribution is -2.33. The fraction of sp³-hybridized carbons (Fsp3) is 0.286. The van der Waals surface area contributed by atoms with Gasteiger partial charge in [0.25, 0.3) is 5.91 Å². The SMILES string of the molecule is COc1ccc(OCc2cc(C(=O)NCC(F)(F)F)n[nH]2)c(Cl)c1. The second-order valence-corrected chi connectivity index (χ2v) is 5.07. The van der Waals surface area contributed by atoms with Crippen molar-refractivity contribution >= 4 is 17.5 Å². The highest BCUT2D eigenvalue weighted by molar-refractivity contribution is 6.32. The summed E-state index contributed by atoms with van der Waals surface area (Å²) < 4.78 is 46.6. The first-order valence-electron chi connectivity index (χ1n) is 6.64. The Balaban J connectivity index is 1.93. The van der Waals surface area contributed by atoms with E-state index >= 15 is 0 Å². The summed E-state index contributed by atoms with van der Waals surface area (Å²) in [5.74, 6) is 0.0185. The molecule has 1 aromatic heterocycles. The average molecular weight is 364 g/mol. The van der Waals surface area contributed by atoms with E-state index in [1.807, 2.05) is 0 Å². The molecular weight excluding hydrogens is 351 g/mol. The number of aromatic amines is 1. The van der Waals surface area contributed by atoms with Crippen LogP contribution in [0.2, 0.25) is 5.02 Å². The van der Waals surface area contributed by atoms with E-state index in [-0.39, 0.29) is 12.3 Å². The first-order chi connectivity index (χ1) is 11.3. The van der Waals surface area contributed by atoms with E-state index in [1.165, 1.54) is 13.2 Å². The van der Waals surface area contributed by atoms with Crippen molar-refractivity contribution in [1.82, 2.24) is 15.5 Å². The van der Waals surface area contributed by atoms with Crippen molar-refractivity contribution < 1.29 is 27.4 Å². The van der Waals surface area contributed by atoms with E-state index in [0.717, 1.165) is 0 Å². The van der Waals surface area contributed by atoms with E-state index in [2.05, 4.69) is 10.2 Å². The van der Waals surface area contributed by atoms with Gasteiger partial charge in [-0.25, -0.2) is 0 Å². The van der Waals surface area contributed by atoms with Crippen molar-refractivity contribution in [3.63, 3.8) is 0 Å². The highest BCUT2D eigenvalue weighted by Gasteiger charge is 2.28. The van der Waals surface area contributed by atoms with Crippen LogP contribution in [0.15, 0.2) is 24.3 Å². The third-order valence-electron chi connectivity index (χ3n) is 2.84. The largest absolute Gasteiger partial charge is 0.497 e. The Morgan fingerprint density at radius 3 is 2.75 bits per heavy atom.